The Balaban J connectivity index is 1.57. The van der Waals surface area contributed by atoms with Gasteiger partial charge in [0.15, 0.2) is 17.4 Å². The Hall–Kier alpha value is -3.42. The summed E-state index contributed by atoms with van der Waals surface area (Å²) in [5.74, 6) is 2.69. The van der Waals surface area contributed by atoms with E-state index in [4.69, 9.17) is 13.9 Å². The van der Waals surface area contributed by atoms with E-state index in [1.165, 1.54) is 6.26 Å². The molecule has 4 rings (SSSR count). The van der Waals surface area contributed by atoms with Gasteiger partial charge in [-0.05, 0) is 44.0 Å². The molecule has 1 aromatic carbocycles. The van der Waals surface area contributed by atoms with Gasteiger partial charge in [-0.15, -0.1) is 0 Å². The third kappa shape index (κ3) is 4.06. The van der Waals surface area contributed by atoms with Crippen molar-refractivity contribution in [3.8, 4) is 17.4 Å². The molecule has 2 aromatic heterocycles. The summed E-state index contributed by atoms with van der Waals surface area (Å²) in [6.07, 6.45) is 3.05. The normalized spacial score (nSPS) is 16.1. The van der Waals surface area contributed by atoms with Gasteiger partial charge in [0.2, 0.25) is 5.88 Å². The number of aryl methyl sites for hydroxylation is 2. The van der Waals surface area contributed by atoms with Crippen LogP contribution in [0.3, 0.4) is 0 Å². The van der Waals surface area contributed by atoms with E-state index in [2.05, 4.69) is 15.0 Å². The third-order valence-electron chi connectivity index (χ3n) is 4.78. The molecule has 0 saturated carbocycles. The number of ether oxygens (including phenoxy) is 2. The monoisotopic (exact) mass is 394 g/mol. The van der Waals surface area contributed by atoms with Crippen LogP contribution in [0.5, 0.6) is 17.4 Å². The number of aromatic nitrogens is 3. The van der Waals surface area contributed by atoms with E-state index in [1.54, 1.807) is 25.0 Å². The van der Waals surface area contributed by atoms with Crippen molar-refractivity contribution < 1.29 is 18.7 Å². The summed E-state index contributed by atoms with van der Waals surface area (Å²) in [7, 11) is 1.62. The van der Waals surface area contributed by atoms with Crippen LogP contribution >= 0.6 is 0 Å². The van der Waals surface area contributed by atoms with Crippen molar-refractivity contribution in [2.24, 2.45) is 0 Å². The minimum Gasteiger partial charge on any atom is -0.497 e. The van der Waals surface area contributed by atoms with Gasteiger partial charge < -0.3 is 18.8 Å². The fraction of sp³-hybridized carbons (Fsp3) is 0.333. The average molecular weight is 394 g/mol. The van der Waals surface area contributed by atoms with Gasteiger partial charge in [0, 0.05) is 25.2 Å². The highest BCUT2D eigenvalue weighted by Gasteiger charge is 2.34. The van der Waals surface area contributed by atoms with Crippen LogP contribution in [0.1, 0.15) is 46.8 Å². The number of rotatable bonds is 5. The second kappa shape index (κ2) is 7.90. The van der Waals surface area contributed by atoms with Crippen molar-refractivity contribution in [3.63, 3.8) is 0 Å². The maximum atomic E-state index is 12.9. The highest BCUT2D eigenvalue weighted by atomic mass is 16.5. The predicted molar refractivity (Wildman–Crippen MR) is 104 cm³/mol. The molecule has 0 spiro atoms. The second-order valence-corrected chi connectivity index (χ2v) is 6.89. The van der Waals surface area contributed by atoms with Gasteiger partial charge in [-0.3, -0.25) is 4.79 Å². The molecule has 1 amide bonds. The van der Waals surface area contributed by atoms with Crippen molar-refractivity contribution in [3.05, 3.63) is 59.7 Å². The SMILES string of the molecule is COc1ccc(Oc2cc(C)nc([C@@H]3CCCN3C(=O)c3coc(C)n3)n2)cc1. The number of nitrogens with zero attached hydrogens (tertiary/aromatic N) is 4. The Morgan fingerprint density at radius 2 is 1.90 bits per heavy atom. The lowest BCUT2D eigenvalue weighted by Gasteiger charge is -2.23. The van der Waals surface area contributed by atoms with Crippen molar-refractivity contribution in [1.29, 1.82) is 0 Å². The summed E-state index contributed by atoms with van der Waals surface area (Å²) in [5.41, 5.74) is 1.08. The summed E-state index contributed by atoms with van der Waals surface area (Å²) in [6, 6.07) is 8.82. The largest absolute Gasteiger partial charge is 0.497 e. The molecule has 0 N–H and O–H groups in total. The summed E-state index contributed by atoms with van der Waals surface area (Å²) in [4.78, 5) is 27.9. The van der Waals surface area contributed by atoms with Crippen LogP contribution in [0.25, 0.3) is 0 Å². The van der Waals surface area contributed by atoms with Gasteiger partial charge in [0.1, 0.15) is 17.8 Å². The van der Waals surface area contributed by atoms with E-state index in [0.717, 1.165) is 24.3 Å². The van der Waals surface area contributed by atoms with Gasteiger partial charge in [0.05, 0.1) is 13.2 Å². The van der Waals surface area contributed by atoms with Crippen LogP contribution in [0.15, 0.2) is 41.0 Å². The summed E-state index contributed by atoms with van der Waals surface area (Å²) in [6.45, 7) is 4.22. The summed E-state index contributed by atoms with van der Waals surface area (Å²) < 4.78 is 16.3. The number of benzene rings is 1. The van der Waals surface area contributed by atoms with Crippen LogP contribution in [0.2, 0.25) is 0 Å². The third-order valence-corrected chi connectivity index (χ3v) is 4.78. The van der Waals surface area contributed by atoms with Crippen LogP contribution in [-0.4, -0.2) is 39.4 Å². The zero-order chi connectivity index (χ0) is 20.4. The van der Waals surface area contributed by atoms with Gasteiger partial charge in [-0.2, -0.15) is 4.98 Å². The Morgan fingerprint density at radius 1 is 1.14 bits per heavy atom. The van der Waals surface area contributed by atoms with Gasteiger partial charge >= 0.3 is 0 Å². The number of amides is 1. The molecule has 0 unspecified atom stereocenters. The number of likely N-dealkylation sites (tertiary alicyclic amines) is 1. The maximum Gasteiger partial charge on any atom is 0.276 e. The average Bonchev–Trinajstić information content (AvgIpc) is 3.37. The number of carbonyl (C=O) groups excluding carboxylic acids is 1. The predicted octanol–water partition coefficient (Wildman–Crippen LogP) is 3.86. The molecule has 29 heavy (non-hydrogen) atoms. The topological polar surface area (TPSA) is 90.6 Å². The van der Waals surface area contributed by atoms with Crippen molar-refractivity contribution in [2.75, 3.05) is 13.7 Å². The lowest BCUT2D eigenvalue weighted by atomic mass is 10.2. The molecule has 0 bridgehead atoms. The number of carbonyl (C=O) groups is 1. The zero-order valence-corrected chi connectivity index (χ0v) is 16.6. The minimum absolute atomic E-state index is 0.174. The molecule has 1 aliphatic heterocycles. The fourth-order valence-corrected chi connectivity index (χ4v) is 3.41. The van der Waals surface area contributed by atoms with Crippen LogP contribution in [-0.2, 0) is 0 Å². The number of hydrogen-bond donors (Lipinski definition) is 0. The standard InChI is InChI=1S/C21H22N4O4/c1-13-11-19(29-16-8-6-15(27-3)7-9-16)24-20(22-13)18-5-4-10-25(18)21(26)17-12-28-14(2)23-17/h6-9,11-12,18H,4-5,10H2,1-3H3/t18-/m0/s1. The highest BCUT2D eigenvalue weighted by molar-refractivity contribution is 5.92. The lowest BCUT2D eigenvalue weighted by molar-refractivity contribution is 0.0723. The van der Waals surface area contributed by atoms with E-state index in [9.17, 15) is 4.79 Å². The quantitative estimate of drug-likeness (QED) is 0.649. The highest BCUT2D eigenvalue weighted by Crippen LogP contribution is 2.33. The van der Waals surface area contributed by atoms with Crippen molar-refractivity contribution >= 4 is 5.91 Å². The minimum atomic E-state index is -0.224. The van der Waals surface area contributed by atoms with Crippen LogP contribution < -0.4 is 9.47 Å². The first kappa shape index (κ1) is 18.9. The Labute approximate surface area is 168 Å². The second-order valence-electron chi connectivity index (χ2n) is 6.89. The molecule has 1 aliphatic rings. The first-order chi connectivity index (χ1) is 14.0. The molecule has 3 heterocycles. The molecule has 3 aromatic rings. The van der Waals surface area contributed by atoms with E-state index < -0.39 is 0 Å². The van der Waals surface area contributed by atoms with E-state index in [0.29, 0.717) is 35.6 Å². The Bertz CT molecular complexity index is 1020. The summed E-state index contributed by atoms with van der Waals surface area (Å²) in [5, 5.41) is 0. The smallest absolute Gasteiger partial charge is 0.276 e. The first-order valence-corrected chi connectivity index (χ1v) is 9.44. The van der Waals surface area contributed by atoms with Gasteiger partial charge in [0.25, 0.3) is 5.91 Å². The van der Waals surface area contributed by atoms with Gasteiger partial charge in [-0.25, -0.2) is 9.97 Å². The molecule has 0 radical (unpaired) electrons. The van der Waals surface area contributed by atoms with Crippen molar-refractivity contribution in [2.45, 2.75) is 32.7 Å². The van der Waals surface area contributed by atoms with Crippen LogP contribution in [0, 0.1) is 13.8 Å². The van der Waals surface area contributed by atoms with E-state index in [-0.39, 0.29) is 11.9 Å². The fourth-order valence-electron chi connectivity index (χ4n) is 3.41. The number of hydrogen-bond acceptors (Lipinski definition) is 7. The molecule has 8 heteroatoms. The van der Waals surface area contributed by atoms with Crippen LogP contribution in [0.4, 0.5) is 0 Å². The lowest BCUT2D eigenvalue weighted by Crippen LogP contribution is -2.31. The van der Waals surface area contributed by atoms with E-state index >= 15 is 0 Å². The Kier molecular flexibility index (Phi) is 5.16. The van der Waals surface area contributed by atoms with Crippen molar-refractivity contribution in [1.82, 2.24) is 19.9 Å². The molecular weight excluding hydrogens is 372 g/mol. The number of oxazole rings is 1. The Morgan fingerprint density at radius 3 is 2.59 bits per heavy atom. The molecule has 150 valence electrons. The van der Waals surface area contributed by atoms with Gasteiger partial charge in [-0.1, -0.05) is 0 Å². The summed E-state index contributed by atoms with van der Waals surface area (Å²) >= 11 is 0. The molecule has 1 saturated heterocycles. The molecule has 8 nitrogen and oxygen atoms in total. The number of methoxy groups -OCH3 is 1. The molecule has 1 atom stereocenters. The first-order valence-electron chi connectivity index (χ1n) is 9.44. The van der Waals surface area contributed by atoms with E-state index in [1.807, 2.05) is 31.2 Å². The maximum absolute atomic E-state index is 12.9. The molecule has 0 aliphatic carbocycles. The molecular formula is C21H22N4O4. The zero-order valence-electron chi connectivity index (χ0n) is 16.6. The molecule has 1 fully saturated rings.